The summed E-state index contributed by atoms with van der Waals surface area (Å²) in [6, 6.07) is 12.3. The van der Waals surface area contributed by atoms with Gasteiger partial charge in [-0.25, -0.2) is 0 Å². The molecule has 0 unspecified atom stereocenters. The van der Waals surface area contributed by atoms with Gasteiger partial charge in [-0.05, 0) is 68.3 Å². The highest BCUT2D eigenvalue weighted by molar-refractivity contribution is 7.99. The third-order valence-electron chi connectivity index (χ3n) is 5.39. The molecule has 0 aromatic heterocycles. The van der Waals surface area contributed by atoms with Gasteiger partial charge in [-0.15, -0.1) is 11.8 Å². The third kappa shape index (κ3) is 8.71. The zero-order valence-corrected chi connectivity index (χ0v) is 22.3. The Bertz CT molecular complexity index is 904. The van der Waals surface area contributed by atoms with E-state index in [1.165, 1.54) is 0 Å². The van der Waals surface area contributed by atoms with Gasteiger partial charge < -0.3 is 10.2 Å². The summed E-state index contributed by atoms with van der Waals surface area (Å²) >= 11 is 20.4. The minimum Gasteiger partial charge on any atom is -0.352 e. The van der Waals surface area contributed by atoms with E-state index in [4.69, 9.17) is 34.8 Å². The van der Waals surface area contributed by atoms with Crippen molar-refractivity contribution in [3.63, 3.8) is 0 Å². The molecule has 0 saturated carbocycles. The number of thioether (sulfide) groups is 1. The summed E-state index contributed by atoms with van der Waals surface area (Å²) in [5.74, 6) is 0.539. The highest BCUT2D eigenvalue weighted by Gasteiger charge is 2.29. The van der Waals surface area contributed by atoms with Gasteiger partial charge in [-0.2, -0.15) is 0 Å². The van der Waals surface area contributed by atoms with Crippen LogP contribution in [0.2, 0.25) is 15.1 Å². The Labute approximate surface area is 216 Å². The molecule has 0 radical (unpaired) electrons. The minimum absolute atomic E-state index is 0.0307. The van der Waals surface area contributed by atoms with Crippen LogP contribution in [0.15, 0.2) is 47.4 Å². The molecular weight excluding hydrogens is 499 g/mol. The molecule has 0 bridgehead atoms. The standard InChI is InChI=1S/C25H31Cl3N2O2S/c1-4-17(3)29-25(32)23(5-2)30(16-20-21(27)8-6-9-22(20)28)24(31)10-7-15-33-19-13-11-18(26)12-14-19/h6,8-9,11-14,17,23H,4-5,7,10,15-16H2,1-3H3,(H,29,32)/t17-,23+/m1/s1. The maximum Gasteiger partial charge on any atom is 0.243 e. The molecule has 1 N–H and O–H groups in total. The zero-order chi connectivity index (χ0) is 24.4. The van der Waals surface area contributed by atoms with E-state index in [2.05, 4.69) is 5.32 Å². The molecule has 4 nitrogen and oxygen atoms in total. The fourth-order valence-corrected chi connectivity index (χ4v) is 4.80. The van der Waals surface area contributed by atoms with E-state index >= 15 is 0 Å². The molecule has 180 valence electrons. The van der Waals surface area contributed by atoms with E-state index in [-0.39, 0.29) is 24.4 Å². The lowest BCUT2D eigenvalue weighted by atomic mass is 10.1. The van der Waals surface area contributed by atoms with Crippen LogP contribution in [0.5, 0.6) is 0 Å². The number of carbonyl (C=O) groups excluding carboxylic acids is 2. The predicted octanol–water partition coefficient (Wildman–Crippen LogP) is 7.24. The van der Waals surface area contributed by atoms with Gasteiger partial charge in [0.1, 0.15) is 6.04 Å². The van der Waals surface area contributed by atoms with Crippen molar-refractivity contribution in [2.24, 2.45) is 0 Å². The fraction of sp³-hybridized carbons (Fsp3) is 0.440. The molecule has 2 rings (SSSR count). The molecule has 33 heavy (non-hydrogen) atoms. The number of hydrogen-bond donors (Lipinski definition) is 1. The molecule has 2 aromatic carbocycles. The molecule has 2 aromatic rings. The molecule has 0 spiro atoms. The summed E-state index contributed by atoms with van der Waals surface area (Å²) in [7, 11) is 0. The van der Waals surface area contributed by atoms with Crippen molar-refractivity contribution < 1.29 is 9.59 Å². The molecule has 0 heterocycles. The summed E-state index contributed by atoms with van der Waals surface area (Å²) in [4.78, 5) is 29.1. The second kappa shape index (κ2) is 14.1. The van der Waals surface area contributed by atoms with Crippen LogP contribution >= 0.6 is 46.6 Å². The number of benzene rings is 2. The van der Waals surface area contributed by atoms with Crippen LogP contribution in [0, 0.1) is 0 Å². The van der Waals surface area contributed by atoms with Crippen LogP contribution in [0.3, 0.4) is 0 Å². The first kappa shape index (κ1) is 27.8. The summed E-state index contributed by atoms with van der Waals surface area (Å²) in [6.07, 6.45) is 2.32. The summed E-state index contributed by atoms with van der Waals surface area (Å²) in [6.45, 7) is 6.06. The Morgan fingerprint density at radius 3 is 2.21 bits per heavy atom. The molecule has 0 aliphatic heterocycles. The lowest BCUT2D eigenvalue weighted by Crippen LogP contribution is -2.50. The number of nitrogens with zero attached hydrogens (tertiary/aromatic N) is 1. The lowest BCUT2D eigenvalue weighted by Gasteiger charge is -2.32. The van der Waals surface area contributed by atoms with E-state index in [0.717, 1.165) is 17.1 Å². The van der Waals surface area contributed by atoms with Crippen LogP contribution in [-0.4, -0.2) is 34.6 Å². The Balaban J connectivity index is 2.13. The molecule has 2 atom stereocenters. The van der Waals surface area contributed by atoms with Crippen LogP contribution in [0.1, 0.15) is 52.0 Å². The van der Waals surface area contributed by atoms with E-state index in [1.54, 1.807) is 34.9 Å². The Morgan fingerprint density at radius 1 is 1.00 bits per heavy atom. The van der Waals surface area contributed by atoms with Crippen molar-refractivity contribution in [2.45, 2.75) is 70.0 Å². The Morgan fingerprint density at radius 2 is 1.64 bits per heavy atom. The highest BCUT2D eigenvalue weighted by atomic mass is 35.5. The molecule has 2 amide bonds. The van der Waals surface area contributed by atoms with Crippen molar-refractivity contribution in [3.05, 3.63) is 63.1 Å². The van der Waals surface area contributed by atoms with Gasteiger partial charge in [-0.1, -0.05) is 54.7 Å². The maximum absolute atomic E-state index is 13.3. The number of carbonyl (C=O) groups is 2. The molecule has 8 heteroatoms. The summed E-state index contributed by atoms with van der Waals surface area (Å²) in [5.41, 5.74) is 0.652. The number of hydrogen-bond acceptors (Lipinski definition) is 3. The van der Waals surface area contributed by atoms with Gasteiger partial charge >= 0.3 is 0 Å². The second-order valence-corrected chi connectivity index (χ2v) is 10.3. The minimum atomic E-state index is -0.595. The SMILES string of the molecule is CC[C@@H](C)NC(=O)[C@H](CC)N(Cc1c(Cl)cccc1Cl)C(=O)CCCSc1ccc(Cl)cc1. The van der Waals surface area contributed by atoms with E-state index in [1.807, 2.05) is 45.0 Å². The van der Waals surface area contributed by atoms with Crippen molar-refractivity contribution in [3.8, 4) is 0 Å². The summed E-state index contributed by atoms with van der Waals surface area (Å²) < 4.78 is 0. The van der Waals surface area contributed by atoms with E-state index < -0.39 is 6.04 Å². The van der Waals surface area contributed by atoms with Crippen LogP contribution in [-0.2, 0) is 16.1 Å². The predicted molar refractivity (Wildman–Crippen MR) is 140 cm³/mol. The summed E-state index contributed by atoms with van der Waals surface area (Å²) in [5, 5.41) is 4.67. The van der Waals surface area contributed by atoms with Gasteiger partial charge in [0.15, 0.2) is 0 Å². The first-order chi connectivity index (χ1) is 15.8. The monoisotopic (exact) mass is 528 g/mol. The number of halogens is 3. The van der Waals surface area contributed by atoms with Crippen LogP contribution in [0.25, 0.3) is 0 Å². The van der Waals surface area contributed by atoms with Gasteiger partial charge in [0.05, 0.1) is 0 Å². The van der Waals surface area contributed by atoms with Gasteiger partial charge in [0, 0.05) is 44.5 Å². The molecule has 0 aliphatic carbocycles. The first-order valence-corrected chi connectivity index (χ1v) is 13.3. The topological polar surface area (TPSA) is 49.4 Å². The molecule has 0 fully saturated rings. The average Bonchev–Trinajstić information content (AvgIpc) is 2.79. The zero-order valence-electron chi connectivity index (χ0n) is 19.2. The van der Waals surface area contributed by atoms with Crippen molar-refractivity contribution in [2.75, 3.05) is 5.75 Å². The van der Waals surface area contributed by atoms with E-state index in [9.17, 15) is 9.59 Å². The lowest BCUT2D eigenvalue weighted by molar-refractivity contribution is -0.141. The number of amides is 2. The van der Waals surface area contributed by atoms with E-state index in [0.29, 0.717) is 39.9 Å². The molecular formula is C25H31Cl3N2O2S. The molecule has 0 saturated heterocycles. The van der Waals surface area contributed by atoms with Crippen LogP contribution in [0.4, 0.5) is 0 Å². The smallest absolute Gasteiger partial charge is 0.243 e. The number of rotatable bonds is 12. The van der Waals surface area contributed by atoms with Crippen molar-refractivity contribution >= 4 is 58.4 Å². The first-order valence-electron chi connectivity index (χ1n) is 11.2. The Hall–Kier alpha value is -1.40. The maximum atomic E-state index is 13.3. The Kier molecular flexibility index (Phi) is 11.9. The third-order valence-corrected chi connectivity index (χ3v) is 7.45. The van der Waals surface area contributed by atoms with Crippen molar-refractivity contribution in [1.29, 1.82) is 0 Å². The highest BCUT2D eigenvalue weighted by Crippen LogP contribution is 2.28. The number of nitrogens with one attached hydrogen (secondary N) is 1. The van der Waals surface area contributed by atoms with Gasteiger partial charge in [0.2, 0.25) is 11.8 Å². The average molecular weight is 530 g/mol. The fourth-order valence-electron chi connectivity index (χ4n) is 3.30. The van der Waals surface area contributed by atoms with Gasteiger partial charge in [-0.3, -0.25) is 9.59 Å². The molecule has 0 aliphatic rings. The second-order valence-electron chi connectivity index (χ2n) is 7.87. The van der Waals surface area contributed by atoms with Crippen molar-refractivity contribution in [1.82, 2.24) is 10.2 Å². The quantitative estimate of drug-likeness (QED) is 0.233. The van der Waals surface area contributed by atoms with Crippen LogP contribution < -0.4 is 5.32 Å². The largest absolute Gasteiger partial charge is 0.352 e. The van der Waals surface area contributed by atoms with Gasteiger partial charge in [0.25, 0.3) is 0 Å². The normalized spacial score (nSPS) is 12.8.